The first kappa shape index (κ1) is 14.2. The van der Waals surface area contributed by atoms with Gasteiger partial charge in [-0.25, -0.2) is 4.79 Å². The molecule has 1 rings (SSSR count). The van der Waals surface area contributed by atoms with Gasteiger partial charge in [-0.3, -0.25) is 0 Å². The van der Waals surface area contributed by atoms with Gasteiger partial charge in [0, 0.05) is 5.56 Å². The first-order valence-electron chi connectivity index (χ1n) is 5.22. The van der Waals surface area contributed by atoms with Gasteiger partial charge in [0.15, 0.2) is 17.6 Å². The lowest BCUT2D eigenvalue weighted by Gasteiger charge is -2.15. The minimum Gasteiger partial charge on any atom is -0.493 e. The standard InChI is InChI=1S/C12H15NO4S/c1-7(12(14)16-3)17-9-5-4-8(11(13)18)6-10(9)15-2/h4-7H,1-3H3,(H2,13,18). The molecule has 18 heavy (non-hydrogen) atoms. The molecule has 0 saturated carbocycles. The van der Waals surface area contributed by atoms with Crippen LogP contribution >= 0.6 is 12.2 Å². The van der Waals surface area contributed by atoms with Crippen LogP contribution in [0.3, 0.4) is 0 Å². The molecule has 0 saturated heterocycles. The van der Waals surface area contributed by atoms with Crippen LogP contribution in [-0.2, 0) is 9.53 Å². The number of esters is 1. The van der Waals surface area contributed by atoms with Crippen LogP contribution in [0.25, 0.3) is 0 Å². The average molecular weight is 269 g/mol. The van der Waals surface area contributed by atoms with Gasteiger partial charge in [-0.15, -0.1) is 0 Å². The van der Waals surface area contributed by atoms with Gasteiger partial charge in [0.25, 0.3) is 0 Å². The van der Waals surface area contributed by atoms with Crippen molar-refractivity contribution >= 4 is 23.2 Å². The molecule has 5 nitrogen and oxygen atoms in total. The molecule has 1 aromatic carbocycles. The van der Waals surface area contributed by atoms with Gasteiger partial charge >= 0.3 is 5.97 Å². The third-order valence-corrected chi connectivity index (χ3v) is 2.52. The second-order valence-corrected chi connectivity index (χ2v) is 3.95. The number of carbonyl (C=O) groups excluding carboxylic acids is 1. The molecular weight excluding hydrogens is 254 g/mol. The van der Waals surface area contributed by atoms with Gasteiger partial charge in [0.05, 0.1) is 14.2 Å². The summed E-state index contributed by atoms with van der Waals surface area (Å²) in [6.07, 6.45) is -0.723. The van der Waals surface area contributed by atoms with Crippen molar-refractivity contribution in [2.75, 3.05) is 14.2 Å². The smallest absolute Gasteiger partial charge is 0.346 e. The average Bonchev–Trinajstić information content (AvgIpc) is 2.37. The molecule has 0 radical (unpaired) electrons. The van der Waals surface area contributed by atoms with E-state index in [4.69, 9.17) is 27.4 Å². The zero-order valence-corrected chi connectivity index (χ0v) is 11.2. The summed E-state index contributed by atoms with van der Waals surface area (Å²) in [7, 11) is 2.80. The molecule has 1 atom stereocenters. The van der Waals surface area contributed by atoms with Crippen molar-refractivity contribution in [3.05, 3.63) is 23.8 Å². The lowest BCUT2D eigenvalue weighted by molar-refractivity contribution is -0.147. The van der Waals surface area contributed by atoms with E-state index in [-0.39, 0.29) is 4.99 Å². The lowest BCUT2D eigenvalue weighted by atomic mass is 10.2. The highest BCUT2D eigenvalue weighted by Gasteiger charge is 2.17. The molecular formula is C12H15NO4S. The number of rotatable bonds is 5. The summed E-state index contributed by atoms with van der Waals surface area (Å²) >= 11 is 4.87. The van der Waals surface area contributed by atoms with Crippen LogP contribution in [0.1, 0.15) is 12.5 Å². The quantitative estimate of drug-likeness (QED) is 0.641. The van der Waals surface area contributed by atoms with Crippen molar-refractivity contribution < 1.29 is 19.0 Å². The fraction of sp³-hybridized carbons (Fsp3) is 0.333. The highest BCUT2D eigenvalue weighted by atomic mass is 32.1. The van der Waals surface area contributed by atoms with Gasteiger partial charge in [-0.2, -0.15) is 0 Å². The monoisotopic (exact) mass is 269 g/mol. The van der Waals surface area contributed by atoms with Gasteiger partial charge in [0.1, 0.15) is 4.99 Å². The Morgan fingerprint density at radius 2 is 2.00 bits per heavy atom. The van der Waals surface area contributed by atoms with E-state index >= 15 is 0 Å². The predicted molar refractivity (Wildman–Crippen MR) is 71.0 cm³/mol. The van der Waals surface area contributed by atoms with Crippen molar-refractivity contribution in [1.29, 1.82) is 0 Å². The van der Waals surface area contributed by atoms with Crippen molar-refractivity contribution in [3.8, 4) is 11.5 Å². The molecule has 0 aromatic heterocycles. The lowest BCUT2D eigenvalue weighted by Crippen LogP contribution is -2.25. The molecule has 1 aromatic rings. The number of benzene rings is 1. The molecule has 2 N–H and O–H groups in total. The van der Waals surface area contributed by atoms with E-state index < -0.39 is 12.1 Å². The zero-order chi connectivity index (χ0) is 13.7. The number of hydrogen-bond acceptors (Lipinski definition) is 5. The summed E-state index contributed by atoms with van der Waals surface area (Å²) in [6.45, 7) is 1.59. The predicted octanol–water partition coefficient (Wildman–Crippen LogP) is 1.27. The Bertz CT molecular complexity index is 461. The third-order valence-electron chi connectivity index (χ3n) is 2.29. The molecule has 0 aliphatic heterocycles. The molecule has 0 heterocycles. The summed E-state index contributed by atoms with van der Waals surface area (Å²) in [5.41, 5.74) is 6.19. The second-order valence-electron chi connectivity index (χ2n) is 3.51. The number of ether oxygens (including phenoxy) is 3. The number of thiocarbonyl (C=S) groups is 1. The van der Waals surface area contributed by atoms with Crippen LogP contribution in [0.5, 0.6) is 11.5 Å². The topological polar surface area (TPSA) is 70.8 Å². The van der Waals surface area contributed by atoms with Gasteiger partial charge < -0.3 is 19.9 Å². The Balaban J connectivity index is 2.96. The van der Waals surface area contributed by atoms with E-state index in [1.54, 1.807) is 25.1 Å². The Morgan fingerprint density at radius 3 is 2.50 bits per heavy atom. The van der Waals surface area contributed by atoms with Crippen LogP contribution in [0.15, 0.2) is 18.2 Å². The first-order chi connectivity index (χ1) is 8.49. The SMILES string of the molecule is COC(=O)C(C)Oc1ccc(C(N)=S)cc1OC. The van der Waals surface area contributed by atoms with Crippen molar-refractivity contribution in [2.45, 2.75) is 13.0 Å². The number of carbonyl (C=O) groups is 1. The van der Waals surface area contributed by atoms with E-state index in [2.05, 4.69) is 4.74 Å². The van der Waals surface area contributed by atoms with Crippen molar-refractivity contribution in [2.24, 2.45) is 5.73 Å². The zero-order valence-electron chi connectivity index (χ0n) is 10.4. The minimum atomic E-state index is -0.723. The fourth-order valence-electron chi connectivity index (χ4n) is 1.32. The number of methoxy groups -OCH3 is 2. The number of hydrogen-bond donors (Lipinski definition) is 1. The van der Waals surface area contributed by atoms with Crippen LogP contribution in [0, 0.1) is 0 Å². The Kier molecular flexibility index (Phi) is 4.91. The van der Waals surface area contributed by atoms with Crippen LogP contribution in [0.4, 0.5) is 0 Å². The molecule has 0 bridgehead atoms. The Hall–Kier alpha value is -1.82. The summed E-state index contributed by atoms with van der Waals surface area (Å²) < 4.78 is 15.2. The molecule has 0 spiro atoms. The summed E-state index contributed by atoms with van der Waals surface area (Å²) in [4.78, 5) is 11.5. The van der Waals surface area contributed by atoms with Gasteiger partial charge in [-0.05, 0) is 25.1 Å². The van der Waals surface area contributed by atoms with Crippen molar-refractivity contribution in [3.63, 3.8) is 0 Å². The van der Waals surface area contributed by atoms with Crippen molar-refractivity contribution in [1.82, 2.24) is 0 Å². The molecule has 0 aliphatic carbocycles. The van der Waals surface area contributed by atoms with Crippen LogP contribution in [0.2, 0.25) is 0 Å². The second kappa shape index (κ2) is 6.20. The van der Waals surface area contributed by atoms with E-state index in [0.717, 1.165) is 0 Å². The summed E-state index contributed by atoms with van der Waals surface area (Å²) in [5.74, 6) is 0.418. The van der Waals surface area contributed by atoms with E-state index in [9.17, 15) is 4.79 Å². The molecule has 98 valence electrons. The Morgan fingerprint density at radius 1 is 1.33 bits per heavy atom. The summed E-state index contributed by atoms with van der Waals surface area (Å²) in [6, 6.07) is 5.00. The largest absolute Gasteiger partial charge is 0.493 e. The molecule has 0 fully saturated rings. The van der Waals surface area contributed by atoms with E-state index in [1.165, 1.54) is 14.2 Å². The molecule has 0 amide bonds. The van der Waals surface area contributed by atoms with Gasteiger partial charge in [-0.1, -0.05) is 12.2 Å². The van der Waals surface area contributed by atoms with Crippen LogP contribution in [-0.4, -0.2) is 31.3 Å². The molecule has 1 unspecified atom stereocenters. The number of nitrogens with two attached hydrogens (primary N) is 1. The Labute approximate surface area is 111 Å². The van der Waals surface area contributed by atoms with Gasteiger partial charge in [0.2, 0.25) is 0 Å². The molecule has 6 heteroatoms. The summed E-state index contributed by atoms with van der Waals surface area (Å²) in [5, 5.41) is 0. The van der Waals surface area contributed by atoms with Crippen LogP contribution < -0.4 is 15.2 Å². The fourth-order valence-corrected chi connectivity index (χ4v) is 1.45. The third kappa shape index (κ3) is 3.33. The maximum Gasteiger partial charge on any atom is 0.346 e. The van der Waals surface area contributed by atoms with E-state index in [0.29, 0.717) is 17.1 Å². The minimum absolute atomic E-state index is 0.265. The maximum atomic E-state index is 11.3. The normalized spacial score (nSPS) is 11.5. The highest BCUT2D eigenvalue weighted by Crippen LogP contribution is 2.29. The maximum absolute atomic E-state index is 11.3. The molecule has 0 aliphatic rings. The highest BCUT2D eigenvalue weighted by molar-refractivity contribution is 7.80. The van der Waals surface area contributed by atoms with E-state index in [1.807, 2.05) is 0 Å². The first-order valence-corrected chi connectivity index (χ1v) is 5.62.